The van der Waals surface area contributed by atoms with Crippen molar-refractivity contribution in [2.45, 2.75) is 89.4 Å². The number of fused-ring (bicyclic) bond motifs is 2. The van der Waals surface area contributed by atoms with E-state index in [0.29, 0.717) is 18.8 Å². The Bertz CT molecular complexity index is 603. The van der Waals surface area contributed by atoms with Crippen molar-refractivity contribution in [1.29, 1.82) is 0 Å². The molecule has 0 aromatic carbocycles. The zero-order chi connectivity index (χ0) is 19.0. The van der Waals surface area contributed by atoms with Crippen LogP contribution in [0.25, 0.3) is 0 Å². The molecule has 26 heavy (non-hydrogen) atoms. The summed E-state index contributed by atoms with van der Waals surface area (Å²) in [4.78, 5) is 11.2. The van der Waals surface area contributed by atoms with Crippen LogP contribution in [0.5, 0.6) is 0 Å². The second kappa shape index (κ2) is 5.68. The minimum Gasteiger partial charge on any atom is -0.463 e. The summed E-state index contributed by atoms with van der Waals surface area (Å²) in [6.45, 7) is 5.65. The lowest BCUT2D eigenvalue weighted by Gasteiger charge is -2.65. The lowest BCUT2D eigenvalue weighted by molar-refractivity contribution is -0.235. The first-order valence-electron chi connectivity index (χ1n) is 10.3. The second-order valence-electron chi connectivity index (χ2n) is 10.2. The lowest BCUT2D eigenvalue weighted by atomic mass is 9.41. The fourth-order valence-corrected chi connectivity index (χ4v) is 7.77. The van der Waals surface area contributed by atoms with E-state index >= 15 is 0 Å². The van der Waals surface area contributed by atoms with Gasteiger partial charge in [0, 0.05) is 6.92 Å². The van der Waals surface area contributed by atoms with Gasteiger partial charge < -0.3 is 20.1 Å². The molecule has 0 aromatic heterocycles. The highest BCUT2D eigenvalue weighted by atomic mass is 16.5. The molecule has 1 spiro atoms. The van der Waals surface area contributed by atoms with Crippen LogP contribution >= 0.6 is 0 Å². The maximum absolute atomic E-state index is 11.2. The maximum atomic E-state index is 11.2. The van der Waals surface area contributed by atoms with Crippen LogP contribution in [-0.2, 0) is 9.53 Å². The van der Waals surface area contributed by atoms with Crippen LogP contribution in [0.3, 0.4) is 0 Å². The molecule has 4 saturated carbocycles. The molecule has 0 heterocycles. The highest BCUT2D eigenvalue weighted by molar-refractivity contribution is 5.65. The average molecular weight is 366 g/mol. The predicted molar refractivity (Wildman–Crippen MR) is 96.2 cm³/mol. The third-order valence-corrected chi connectivity index (χ3v) is 9.28. The number of aliphatic hydroxyl groups is 3. The number of hydrogen-bond donors (Lipinski definition) is 3. The van der Waals surface area contributed by atoms with Gasteiger partial charge in [-0.3, -0.25) is 4.79 Å². The van der Waals surface area contributed by atoms with E-state index in [4.69, 9.17) is 4.74 Å². The minimum atomic E-state index is -1.03. The van der Waals surface area contributed by atoms with Crippen molar-refractivity contribution in [2.24, 2.45) is 28.6 Å². The number of rotatable bonds is 2. The van der Waals surface area contributed by atoms with Gasteiger partial charge in [-0.15, -0.1) is 0 Å². The van der Waals surface area contributed by atoms with Crippen LogP contribution in [0.15, 0.2) is 0 Å². The molecule has 5 heteroatoms. The Balaban J connectivity index is 1.64. The SMILES string of the molecule is CC(=O)OC[C@@]1(O)CC[C@]23C[C@H]1C[C@@H]2CC[C@H]1[C@](C)(O)[C@H](O)CC[C@@]13C. The number of ether oxygens (including phenoxy) is 1. The fourth-order valence-electron chi connectivity index (χ4n) is 7.77. The summed E-state index contributed by atoms with van der Waals surface area (Å²) in [6, 6.07) is 0. The third kappa shape index (κ3) is 2.29. The van der Waals surface area contributed by atoms with Gasteiger partial charge in [0.25, 0.3) is 0 Å². The largest absolute Gasteiger partial charge is 0.463 e. The van der Waals surface area contributed by atoms with E-state index in [-0.39, 0.29) is 35.2 Å². The van der Waals surface area contributed by atoms with Crippen LogP contribution in [0.2, 0.25) is 0 Å². The molecule has 2 bridgehead atoms. The van der Waals surface area contributed by atoms with E-state index in [1.165, 1.54) is 6.92 Å². The van der Waals surface area contributed by atoms with Gasteiger partial charge in [-0.05, 0) is 86.9 Å². The molecule has 148 valence electrons. The molecule has 4 rings (SSSR count). The summed E-state index contributed by atoms with van der Waals surface area (Å²) in [5.41, 5.74) is -1.81. The van der Waals surface area contributed by atoms with Gasteiger partial charge in [0.05, 0.1) is 11.7 Å². The topological polar surface area (TPSA) is 87.0 Å². The third-order valence-electron chi connectivity index (χ3n) is 9.28. The van der Waals surface area contributed by atoms with Gasteiger partial charge in [-0.25, -0.2) is 0 Å². The van der Waals surface area contributed by atoms with Crippen molar-refractivity contribution < 1.29 is 24.9 Å². The van der Waals surface area contributed by atoms with Gasteiger partial charge in [0.1, 0.15) is 12.2 Å². The van der Waals surface area contributed by atoms with Crippen molar-refractivity contribution in [3.63, 3.8) is 0 Å². The van der Waals surface area contributed by atoms with Crippen LogP contribution in [-0.4, -0.2) is 45.2 Å². The summed E-state index contributed by atoms with van der Waals surface area (Å²) in [6.07, 6.45) is 6.48. The number of hydrogen-bond acceptors (Lipinski definition) is 5. The summed E-state index contributed by atoms with van der Waals surface area (Å²) in [7, 11) is 0. The van der Waals surface area contributed by atoms with Gasteiger partial charge in [0.15, 0.2) is 0 Å². The summed E-state index contributed by atoms with van der Waals surface area (Å²) >= 11 is 0. The Labute approximate surface area is 156 Å². The van der Waals surface area contributed by atoms with Crippen LogP contribution in [0, 0.1) is 28.6 Å². The maximum Gasteiger partial charge on any atom is 0.302 e. The van der Waals surface area contributed by atoms with Gasteiger partial charge in [-0.2, -0.15) is 0 Å². The highest BCUT2D eigenvalue weighted by Crippen LogP contribution is 2.74. The fraction of sp³-hybridized carbons (Fsp3) is 0.952. The zero-order valence-electron chi connectivity index (χ0n) is 16.3. The summed E-state index contributed by atoms with van der Waals surface area (Å²) in [5, 5.41) is 32.7. The first-order chi connectivity index (χ1) is 12.1. The molecular formula is C21H34O5. The predicted octanol–water partition coefficient (Wildman–Crippen LogP) is 2.41. The van der Waals surface area contributed by atoms with Crippen LogP contribution < -0.4 is 0 Å². The summed E-state index contributed by atoms with van der Waals surface area (Å²) < 4.78 is 5.20. The van der Waals surface area contributed by atoms with E-state index in [9.17, 15) is 20.1 Å². The quantitative estimate of drug-likeness (QED) is 0.653. The standard InChI is InChI=1S/C21H34O5/c1-13(22)26-12-21(25)9-8-20-11-15(21)10-14(20)4-5-16-18(20,2)7-6-17(23)19(16,3)24/h14-17,23-25H,4-12H2,1-3H3/t14-,15+,16+,17+,18-,19-,20-,21-/m0/s1. The molecule has 4 fully saturated rings. The number of aliphatic hydroxyl groups excluding tert-OH is 1. The Morgan fingerprint density at radius 3 is 2.50 bits per heavy atom. The smallest absolute Gasteiger partial charge is 0.302 e. The van der Waals surface area contributed by atoms with Gasteiger partial charge in [-0.1, -0.05) is 6.92 Å². The molecule has 0 unspecified atom stereocenters. The van der Waals surface area contributed by atoms with Gasteiger partial charge in [0.2, 0.25) is 0 Å². The van der Waals surface area contributed by atoms with E-state index in [0.717, 1.165) is 38.5 Å². The molecule has 0 radical (unpaired) electrons. The van der Waals surface area contributed by atoms with Gasteiger partial charge >= 0.3 is 5.97 Å². The minimum absolute atomic E-state index is 0.00381. The number of carbonyl (C=O) groups excluding carboxylic acids is 1. The number of esters is 1. The average Bonchev–Trinajstić information content (AvgIpc) is 2.92. The van der Waals surface area contributed by atoms with Crippen molar-refractivity contribution in [2.75, 3.05) is 6.61 Å². The first-order valence-corrected chi connectivity index (χ1v) is 10.3. The lowest BCUT2D eigenvalue weighted by Crippen LogP contribution is -2.65. The Morgan fingerprint density at radius 2 is 1.81 bits per heavy atom. The molecular weight excluding hydrogens is 332 g/mol. The van der Waals surface area contributed by atoms with Crippen LogP contribution in [0.4, 0.5) is 0 Å². The van der Waals surface area contributed by atoms with Crippen molar-refractivity contribution in [1.82, 2.24) is 0 Å². The summed E-state index contributed by atoms with van der Waals surface area (Å²) in [5.74, 6) is 0.492. The molecule has 8 atom stereocenters. The Morgan fingerprint density at radius 1 is 1.08 bits per heavy atom. The highest BCUT2D eigenvalue weighted by Gasteiger charge is 2.70. The number of carbonyl (C=O) groups is 1. The van der Waals surface area contributed by atoms with E-state index in [1.54, 1.807) is 0 Å². The molecule has 4 aliphatic carbocycles. The molecule has 3 N–H and O–H groups in total. The van der Waals surface area contributed by atoms with E-state index in [2.05, 4.69) is 6.92 Å². The Hall–Kier alpha value is -0.650. The molecule has 0 aliphatic heterocycles. The molecule has 0 amide bonds. The Kier molecular flexibility index (Phi) is 4.08. The molecule has 5 nitrogen and oxygen atoms in total. The van der Waals surface area contributed by atoms with E-state index < -0.39 is 17.3 Å². The van der Waals surface area contributed by atoms with Crippen molar-refractivity contribution >= 4 is 5.97 Å². The van der Waals surface area contributed by atoms with E-state index in [1.807, 2.05) is 6.92 Å². The monoisotopic (exact) mass is 366 g/mol. The van der Waals surface area contributed by atoms with Crippen LogP contribution in [0.1, 0.15) is 72.1 Å². The first kappa shape index (κ1) is 18.7. The molecule has 0 aromatic rings. The zero-order valence-corrected chi connectivity index (χ0v) is 16.3. The van der Waals surface area contributed by atoms with Crippen molar-refractivity contribution in [3.05, 3.63) is 0 Å². The molecule has 4 aliphatic rings. The van der Waals surface area contributed by atoms with Crippen molar-refractivity contribution in [3.8, 4) is 0 Å². The normalized spacial score (nSPS) is 55.8. The molecule has 0 saturated heterocycles. The second-order valence-corrected chi connectivity index (χ2v) is 10.2.